The first-order valence-corrected chi connectivity index (χ1v) is 9.50. The third kappa shape index (κ3) is 4.72. The van der Waals surface area contributed by atoms with Crippen molar-refractivity contribution < 1.29 is 14.6 Å². The zero-order valence-electron chi connectivity index (χ0n) is 15.6. The molecule has 0 saturated carbocycles. The summed E-state index contributed by atoms with van der Waals surface area (Å²) in [5.41, 5.74) is 0.669. The number of hydrogen-bond acceptors (Lipinski definition) is 5. The Bertz CT molecular complexity index is 834. The van der Waals surface area contributed by atoms with Crippen LogP contribution in [0.3, 0.4) is 0 Å². The maximum absolute atomic E-state index is 10.7. The summed E-state index contributed by atoms with van der Waals surface area (Å²) in [6.45, 7) is 5.44. The van der Waals surface area contributed by atoms with Gasteiger partial charge in [-0.15, -0.1) is 0 Å². The maximum atomic E-state index is 10.7. The van der Waals surface area contributed by atoms with Gasteiger partial charge in [0.1, 0.15) is 5.60 Å². The first-order valence-electron chi connectivity index (χ1n) is 8.71. The van der Waals surface area contributed by atoms with E-state index < -0.39 is 5.60 Å². The summed E-state index contributed by atoms with van der Waals surface area (Å²) in [6.07, 6.45) is 3.46. The van der Waals surface area contributed by atoms with Crippen LogP contribution >= 0.6 is 15.9 Å². The van der Waals surface area contributed by atoms with Gasteiger partial charge in [-0.05, 0) is 47.5 Å². The molecule has 8 nitrogen and oxygen atoms in total. The zero-order valence-corrected chi connectivity index (χ0v) is 17.2. The van der Waals surface area contributed by atoms with Crippen molar-refractivity contribution in [3.63, 3.8) is 0 Å². The highest BCUT2D eigenvalue weighted by Crippen LogP contribution is 2.40. The van der Waals surface area contributed by atoms with E-state index in [9.17, 15) is 5.11 Å². The Balaban J connectivity index is 1.67. The van der Waals surface area contributed by atoms with Crippen LogP contribution in [0.15, 0.2) is 34.0 Å². The molecule has 3 rings (SSSR count). The van der Waals surface area contributed by atoms with Crippen LogP contribution in [0.4, 0.5) is 0 Å². The summed E-state index contributed by atoms with van der Waals surface area (Å²) in [4.78, 5) is 4.60. The second-order valence-corrected chi connectivity index (χ2v) is 7.39. The van der Waals surface area contributed by atoms with Gasteiger partial charge in [-0.3, -0.25) is 4.68 Å². The van der Waals surface area contributed by atoms with Gasteiger partial charge in [0.05, 0.1) is 23.8 Å². The minimum atomic E-state index is -1.06. The van der Waals surface area contributed by atoms with E-state index in [0.717, 1.165) is 21.3 Å². The lowest BCUT2D eigenvalue weighted by molar-refractivity contribution is 0.0616. The standard InChI is InChI=1S/C18H24BrN5O3/c1-4-20-17(22-10-18(2,25)13-8-23-24(3)9-13)21-7-12-5-14(19)16-15(6-12)26-11-27-16/h5-6,8-9,25H,4,7,10-11H2,1-3H3,(H2,20,21,22). The van der Waals surface area contributed by atoms with Crippen molar-refractivity contribution >= 4 is 21.9 Å². The number of nitrogens with zero attached hydrogens (tertiary/aromatic N) is 3. The number of nitrogens with one attached hydrogen (secondary N) is 2. The highest BCUT2D eigenvalue weighted by Gasteiger charge is 2.25. The molecule has 146 valence electrons. The van der Waals surface area contributed by atoms with Crippen LogP contribution in [0.2, 0.25) is 0 Å². The number of benzene rings is 1. The smallest absolute Gasteiger partial charge is 0.231 e. The summed E-state index contributed by atoms with van der Waals surface area (Å²) >= 11 is 3.49. The van der Waals surface area contributed by atoms with Gasteiger partial charge in [-0.25, -0.2) is 4.99 Å². The third-order valence-corrected chi connectivity index (χ3v) is 4.77. The minimum Gasteiger partial charge on any atom is -0.454 e. The summed E-state index contributed by atoms with van der Waals surface area (Å²) in [5, 5.41) is 21.2. The molecule has 0 aliphatic carbocycles. The number of aromatic nitrogens is 2. The van der Waals surface area contributed by atoms with Gasteiger partial charge in [0, 0.05) is 25.4 Å². The van der Waals surface area contributed by atoms with E-state index in [1.165, 1.54) is 0 Å². The quantitative estimate of drug-likeness (QED) is 0.471. The minimum absolute atomic E-state index is 0.230. The zero-order chi connectivity index (χ0) is 19.4. The maximum Gasteiger partial charge on any atom is 0.231 e. The van der Waals surface area contributed by atoms with Crippen LogP contribution < -0.4 is 20.1 Å². The molecule has 0 spiro atoms. The SMILES string of the molecule is CCNC(=NCc1cc(Br)c2c(c1)OCO2)NCC(C)(O)c1cnn(C)c1. The normalized spacial score (nSPS) is 15.5. The molecule has 1 aromatic carbocycles. The van der Waals surface area contributed by atoms with E-state index in [1.54, 1.807) is 24.0 Å². The Labute approximate surface area is 166 Å². The van der Waals surface area contributed by atoms with Crippen molar-refractivity contribution in [1.82, 2.24) is 20.4 Å². The molecular weight excluding hydrogens is 414 g/mol. The molecule has 0 saturated heterocycles. The highest BCUT2D eigenvalue weighted by atomic mass is 79.9. The molecule has 27 heavy (non-hydrogen) atoms. The lowest BCUT2D eigenvalue weighted by Gasteiger charge is -2.23. The molecule has 0 fully saturated rings. The van der Waals surface area contributed by atoms with Crippen molar-refractivity contribution in [2.24, 2.45) is 12.0 Å². The summed E-state index contributed by atoms with van der Waals surface area (Å²) in [5.74, 6) is 2.06. The van der Waals surface area contributed by atoms with Crippen molar-refractivity contribution in [3.8, 4) is 11.5 Å². The van der Waals surface area contributed by atoms with Crippen molar-refractivity contribution in [2.75, 3.05) is 19.9 Å². The predicted octanol–water partition coefficient (Wildman–Crippen LogP) is 1.87. The van der Waals surface area contributed by atoms with Crippen molar-refractivity contribution in [2.45, 2.75) is 26.0 Å². The molecule has 1 aromatic heterocycles. The van der Waals surface area contributed by atoms with Crippen LogP contribution in [-0.2, 0) is 19.2 Å². The Hall–Kier alpha value is -2.26. The average Bonchev–Trinajstić information content (AvgIpc) is 3.27. The Morgan fingerprint density at radius 3 is 2.93 bits per heavy atom. The summed E-state index contributed by atoms with van der Waals surface area (Å²) in [7, 11) is 1.82. The summed E-state index contributed by atoms with van der Waals surface area (Å²) < 4.78 is 13.4. The number of ether oxygens (including phenoxy) is 2. The van der Waals surface area contributed by atoms with Crippen LogP contribution in [0.25, 0.3) is 0 Å². The van der Waals surface area contributed by atoms with Gasteiger partial charge in [0.15, 0.2) is 17.5 Å². The second kappa shape index (κ2) is 8.18. The topological polar surface area (TPSA) is 92.9 Å². The third-order valence-electron chi connectivity index (χ3n) is 4.18. The molecule has 0 radical (unpaired) electrons. The number of aliphatic hydroxyl groups is 1. The van der Waals surface area contributed by atoms with Gasteiger partial charge in [-0.2, -0.15) is 5.10 Å². The largest absolute Gasteiger partial charge is 0.454 e. The van der Waals surface area contributed by atoms with Crippen molar-refractivity contribution in [1.29, 1.82) is 0 Å². The van der Waals surface area contributed by atoms with Gasteiger partial charge < -0.3 is 25.2 Å². The molecule has 2 heterocycles. The van der Waals surface area contributed by atoms with E-state index in [0.29, 0.717) is 31.3 Å². The molecule has 1 atom stereocenters. The van der Waals surface area contributed by atoms with E-state index in [2.05, 4.69) is 36.7 Å². The number of aliphatic imine (C=N–C) groups is 1. The van der Waals surface area contributed by atoms with Crippen LogP contribution in [0.5, 0.6) is 11.5 Å². The second-order valence-electron chi connectivity index (χ2n) is 6.54. The molecule has 0 amide bonds. The molecule has 3 N–H and O–H groups in total. The van der Waals surface area contributed by atoms with E-state index in [-0.39, 0.29) is 6.79 Å². The summed E-state index contributed by atoms with van der Waals surface area (Å²) in [6, 6.07) is 3.89. The number of hydrogen-bond donors (Lipinski definition) is 3. The van der Waals surface area contributed by atoms with E-state index in [4.69, 9.17) is 9.47 Å². The lowest BCUT2D eigenvalue weighted by atomic mass is 10.00. The Morgan fingerprint density at radius 2 is 2.22 bits per heavy atom. The number of fused-ring (bicyclic) bond motifs is 1. The molecule has 1 aliphatic rings. The first-order chi connectivity index (χ1) is 12.9. The van der Waals surface area contributed by atoms with E-state index in [1.807, 2.05) is 26.1 Å². The molecular formula is C18H24BrN5O3. The van der Waals surface area contributed by atoms with Crippen LogP contribution in [0, 0.1) is 0 Å². The fraction of sp³-hybridized carbons (Fsp3) is 0.444. The molecule has 1 aliphatic heterocycles. The van der Waals surface area contributed by atoms with Crippen LogP contribution in [0.1, 0.15) is 25.0 Å². The number of aryl methyl sites for hydroxylation is 1. The Kier molecular flexibility index (Phi) is 5.91. The molecule has 2 aromatic rings. The highest BCUT2D eigenvalue weighted by molar-refractivity contribution is 9.10. The van der Waals surface area contributed by atoms with Gasteiger partial charge >= 0.3 is 0 Å². The molecule has 0 bridgehead atoms. The molecule has 1 unspecified atom stereocenters. The van der Waals surface area contributed by atoms with Gasteiger partial charge in [-0.1, -0.05) is 0 Å². The number of rotatable bonds is 6. The monoisotopic (exact) mass is 437 g/mol. The van der Waals surface area contributed by atoms with Crippen molar-refractivity contribution in [3.05, 3.63) is 40.1 Å². The first kappa shape index (κ1) is 19.5. The molecule has 9 heteroatoms. The number of halogens is 1. The average molecular weight is 438 g/mol. The fourth-order valence-electron chi connectivity index (χ4n) is 2.68. The lowest BCUT2D eigenvalue weighted by Crippen LogP contribution is -2.44. The van der Waals surface area contributed by atoms with Gasteiger partial charge in [0.25, 0.3) is 0 Å². The van der Waals surface area contributed by atoms with Crippen LogP contribution in [-0.4, -0.2) is 40.7 Å². The van der Waals surface area contributed by atoms with Gasteiger partial charge in [0.2, 0.25) is 6.79 Å². The van der Waals surface area contributed by atoms with E-state index >= 15 is 0 Å². The number of guanidine groups is 1. The predicted molar refractivity (Wildman–Crippen MR) is 106 cm³/mol. The fourth-order valence-corrected chi connectivity index (χ4v) is 3.29. The Morgan fingerprint density at radius 1 is 1.41 bits per heavy atom.